The van der Waals surface area contributed by atoms with Gasteiger partial charge in [0.15, 0.2) is 11.7 Å². The lowest BCUT2D eigenvalue weighted by Crippen LogP contribution is -2.52. The first kappa shape index (κ1) is 20.8. The molecular formula is C24H28N4O3. The third-order valence-corrected chi connectivity index (χ3v) is 5.71. The number of carbonyl (C=O) groups excluding carboxylic acids is 1. The number of aromatic nitrogens is 1. The fraction of sp³-hybridized carbons (Fsp3) is 0.333. The molecule has 4 rings (SSSR count). The Kier molecular flexibility index (Phi) is 6.11. The molecular weight excluding hydrogens is 392 g/mol. The van der Waals surface area contributed by atoms with E-state index in [2.05, 4.69) is 22.1 Å². The number of piperazine rings is 1. The monoisotopic (exact) mass is 420 g/mol. The molecule has 1 atom stereocenters. The van der Waals surface area contributed by atoms with Crippen LogP contribution in [0, 0.1) is 6.92 Å². The number of urea groups is 1. The molecule has 0 saturated carbocycles. The van der Waals surface area contributed by atoms with Crippen LogP contribution in [-0.2, 0) is 0 Å². The van der Waals surface area contributed by atoms with Crippen molar-refractivity contribution in [1.29, 1.82) is 0 Å². The van der Waals surface area contributed by atoms with Crippen molar-refractivity contribution in [2.45, 2.75) is 26.3 Å². The molecule has 1 aliphatic rings. The van der Waals surface area contributed by atoms with Crippen molar-refractivity contribution in [2.75, 3.05) is 31.1 Å². The number of phenols is 1. The van der Waals surface area contributed by atoms with Crippen LogP contribution in [0.4, 0.5) is 10.5 Å². The van der Waals surface area contributed by atoms with Crippen molar-refractivity contribution in [3.05, 3.63) is 66.2 Å². The van der Waals surface area contributed by atoms with Gasteiger partial charge in [-0.05, 0) is 24.1 Å². The van der Waals surface area contributed by atoms with Gasteiger partial charge in [0.2, 0.25) is 0 Å². The number of oxazole rings is 1. The number of amides is 2. The minimum atomic E-state index is -0.0331. The van der Waals surface area contributed by atoms with E-state index in [1.165, 1.54) is 0 Å². The molecule has 7 nitrogen and oxygen atoms in total. The second-order valence-electron chi connectivity index (χ2n) is 7.74. The summed E-state index contributed by atoms with van der Waals surface area (Å²) in [7, 11) is 0. The number of hydrogen-bond acceptors (Lipinski definition) is 5. The van der Waals surface area contributed by atoms with Crippen molar-refractivity contribution in [3.8, 4) is 17.1 Å². The molecule has 0 bridgehead atoms. The molecule has 0 aliphatic carbocycles. The minimum absolute atomic E-state index is 0.0101. The zero-order chi connectivity index (χ0) is 21.8. The number of benzene rings is 2. The van der Waals surface area contributed by atoms with Gasteiger partial charge in [-0.1, -0.05) is 37.3 Å². The smallest absolute Gasteiger partial charge is 0.318 e. The number of rotatable bonds is 5. The molecule has 2 N–H and O–H groups in total. The lowest BCUT2D eigenvalue weighted by Gasteiger charge is -2.37. The summed E-state index contributed by atoms with van der Waals surface area (Å²) in [6.45, 7) is 6.51. The van der Waals surface area contributed by atoms with Crippen LogP contribution in [0.1, 0.15) is 30.8 Å². The molecule has 1 aromatic heterocycles. The van der Waals surface area contributed by atoms with Crippen LogP contribution < -0.4 is 10.2 Å². The minimum Gasteiger partial charge on any atom is -0.507 e. The fourth-order valence-corrected chi connectivity index (χ4v) is 3.93. The number of nitrogens with zero attached hydrogens (tertiary/aromatic N) is 3. The molecule has 31 heavy (non-hydrogen) atoms. The Labute approximate surface area is 182 Å². The van der Waals surface area contributed by atoms with Crippen molar-refractivity contribution < 1.29 is 14.3 Å². The topological polar surface area (TPSA) is 81.8 Å². The standard InChI is InChI=1S/C24H28N4O3/c1-3-21(18-7-5-4-6-8-18)26-24(30)28-13-11-27(12-14-28)19-9-10-20(22(29)15-19)23-16-25-17(2)31-23/h4-10,15-16,21,29H,3,11-14H2,1-2H3,(H,26,30)/t21-/m0/s1. The lowest BCUT2D eigenvalue weighted by molar-refractivity contribution is 0.190. The molecule has 2 heterocycles. The molecule has 2 aromatic carbocycles. The van der Waals surface area contributed by atoms with Crippen molar-refractivity contribution in [1.82, 2.24) is 15.2 Å². The van der Waals surface area contributed by atoms with Gasteiger partial charge in [-0.15, -0.1) is 0 Å². The molecule has 0 spiro atoms. The summed E-state index contributed by atoms with van der Waals surface area (Å²) in [6, 6.07) is 15.6. The third kappa shape index (κ3) is 4.66. The second kappa shape index (κ2) is 9.12. The molecule has 162 valence electrons. The van der Waals surface area contributed by atoms with Gasteiger partial charge in [0, 0.05) is 44.9 Å². The summed E-state index contributed by atoms with van der Waals surface area (Å²) in [5.41, 5.74) is 2.66. The van der Waals surface area contributed by atoms with Gasteiger partial charge in [-0.2, -0.15) is 0 Å². The maximum absolute atomic E-state index is 12.8. The number of aromatic hydroxyl groups is 1. The molecule has 2 amide bonds. The predicted octanol–water partition coefficient (Wildman–Crippen LogP) is 4.34. The Balaban J connectivity index is 1.36. The van der Waals surface area contributed by atoms with E-state index in [0.717, 1.165) is 17.7 Å². The number of hydrogen-bond donors (Lipinski definition) is 2. The zero-order valence-corrected chi connectivity index (χ0v) is 17.9. The van der Waals surface area contributed by atoms with Crippen LogP contribution in [0.25, 0.3) is 11.3 Å². The van der Waals surface area contributed by atoms with Crippen LogP contribution in [0.3, 0.4) is 0 Å². The van der Waals surface area contributed by atoms with Crippen LogP contribution >= 0.6 is 0 Å². The largest absolute Gasteiger partial charge is 0.507 e. The van der Waals surface area contributed by atoms with Gasteiger partial charge in [0.1, 0.15) is 5.75 Å². The van der Waals surface area contributed by atoms with Gasteiger partial charge in [0.05, 0.1) is 17.8 Å². The molecule has 0 unspecified atom stereocenters. The molecule has 3 aromatic rings. The summed E-state index contributed by atoms with van der Waals surface area (Å²) < 4.78 is 5.51. The Morgan fingerprint density at radius 3 is 2.52 bits per heavy atom. The summed E-state index contributed by atoms with van der Waals surface area (Å²) in [6.07, 6.45) is 2.45. The number of aryl methyl sites for hydroxylation is 1. The molecule has 1 aliphatic heterocycles. The molecule has 7 heteroatoms. The highest BCUT2D eigenvalue weighted by molar-refractivity contribution is 5.75. The van der Waals surface area contributed by atoms with Crippen LogP contribution in [0.5, 0.6) is 5.75 Å². The van der Waals surface area contributed by atoms with E-state index in [-0.39, 0.29) is 17.8 Å². The third-order valence-electron chi connectivity index (χ3n) is 5.71. The van der Waals surface area contributed by atoms with E-state index in [9.17, 15) is 9.90 Å². The Morgan fingerprint density at radius 2 is 1.90 bits per heavy atom. The average molecular weight is 421 g/mol. The highest BCUT2D eigenvalue weighted by Crippen LogP contribution is 2.33. The van der Waals surface area contributed by atoms with Crippen molar-refractivity contribution >= 4 is 11.7 Å². The average Bonchev–Trinajstić information content (AvgIpc) is 3.23. The fourth-order valence-electron chi connectivity index (χ4n) is 3.93. The first-order chi connectivity index (χ1) is 15.0. The number of carbonyl (C=O) groups is 1. The van der Waals surface area contributed by atoms with E-state index in [1.807, 2.05) is 47.4 Å². The van der Waals surface area contributed by atoms with E-state index in [1.54, 1.807) is 19.2 Å². The highest BCUT2D eigenvalue weighted by Gasteiger charge is 2.24. The number of nitrogens with one attached hydrogen (secondary N) is 1. The number of anilines is 1. The van der Waals surface area contributed by atoms with Gasteiger partial charge in [0.25, 0.3) is 0 Å². The highest BCUT2D eigenvalue weighted by atomic mass is 16.4. The van der Waals surface area contributed by atoms with E-state index in [4.69, 9.17) is 4.42 Å². The van der Waals surface area contributed by atoms with Crippen LogP contribution in [-0.4, -0.2) is 47.2 Å². The van der Waals surface area contributed by atoms with Gasteiger partial charge in [-0.3, -0.25) is 0 Å². The Morgan fingerprint density at radius 1 is 1.16 bits per heavy atom. The first-order valence-electron chi connectivity index (χ1n) is 10.7. The van der Waals surface area contributed by atoms with Crippen LogP contribution in [0.15, 0.2) is 59.1 Å². The van der Waals surface area contributed by atoms with Crippen LogP contribution in [0.2, 0.25) is 0 Å². The van der Waals surface area contributed by atoms with E-state index in [0.29, 0.717) is 43.4 Å². The quantitative estimate of drug-likeness (QED) is 0.642. The number of phenolic OH excluding ortho intramolecular Hbond substituents is 1. The van der Waals surface area contributed by atoms with Gasteiger partial charge < -0.3 is 24.6 Å². The Bertz CT molecular complexity index is 1030. The van der Waals surface area contributed by atoms with E-state index < -0.39 is 0 Å². The molecule has 0 radical (unpaired) electrons. The lowest BCUT2D eigenvalue weighted by atomic mass is 10.1. The van der Waals surface area contributed by atoms with Gasteiger partial charge in [-0.25, -0.2) is 9.78 Å². The SMILES string of the molecule is CC[C@H](NC(=O)N1CCN(c2ccc(-c3cnc(C)o3)c(O)c2)CC1)c1ccccc1. The predicted molar refractivity (Wildman–Crippen MR) is 120 cm³/mol. The zero-order valence-electron chi connectivity index (χ0n) is 17.9. The first-order valence-corrected chi connectivity index (χ1v) is 10.7. The normalized spacial score (nSPS) is 15.0. The Hall–Kier alpha value is -3.48. The summed E-state index contributed by atoms with van der Waals surface area (Å²) in [5.74, 6) is 1.26. The van der Waals surface area contributed by atoms with Crippen molar-refractivity contribution in [3.63, 3.8) is 0 Å². The second-order valence-corrected chi connectivity index (χ2v) is 7.74. The van der Waals surface area contributed by atoms with Gasteiger partial charge >= 0.3 is 6.03 Å². The van der Waals surface area contributed by atoms with Crippen molar-refractivity contribution in [2.24, 2.45) is 0 Å². The molecule has 1 fully saturated rings. The maximum Gasteiger partial charge on any atom is 0.318 e. The summed E-state index contributed by atoms with van der Waals surface area (Å²) in [5, 5.41) is 13.6. The summed E-state index contributed by atoms with van der Waals surface area (Å²) >= 11 is 0. The molecule has 1 saturated heterocycles. The summed E-state index contributed by atoms with van der Waals surface area (Å²) in [4.78, 5) is 20.9. The maximum atomic E-state index is 12.8. The van der Waals surface area contributed by atoms with E-state index >= 15 is 0 Å².